The van der Waals surface area contributed by atoms with Gasteiger partial charge in [-0.15, -0.1) is 5.10 Å². The minimum atomic E-state index is -1.37. The zero-order chi connectivity index (χ0) is 21.1. The van der Waals surface area contributed by atoms with E-state index in [1.807, 2.05) is 0 Å². The number of carboxylic acids is 1. The predicted molar refractivity (Wildman–Crippen MR) is 91.5 cm³/mol. The molecule has 7 nitrogen and oxygen atoms in total. The van der Waals surface area contributed by atoms with Crippen LogP contribution in [0.25, 0.3) is 17.0 Å². The monoisotopic (exact) mass is 412 g/mol. The second-order valence-electron chi connectivity index (χ2n) is 6.01. The van der Waals surface area contributed by atoms with Gasteiger partial charge in [-0.05, 0) is 36.3 Å². The normalized spacial score (nSPS) is 11.2. The second-order valence-corrected chi connectivity index (χ2v) is 6.01. The van der Waals surface area contributed by atoms with E-state index in [0.717, 1.165) is 12.1 Å². The minimum Gasteiger partial charge on any atom is -0.478 e. The molecule has 1 aromatic heterocycles. The maximum absolute atomic E-state index is 14.2. The Hall–Kier alpha value is -3.76. The van der Waals surface area contributed by atoms with Crippen molar-refractivity contribution in [3.8, 4) is 11.5 Å². The number of aryl methyl sites for hydroxylation is 1. The zero-order valence-corrected chi connectivity index (χ0v) is 14.7. The smallest absolute Gasteiger partial charge is 0.328 e. The van der Waals surface area contributed by atoms with Gasteiger partial charge in [0.05, 0.1) is 5.39 Å². The number of aromatic nitrogens is 2. The van der Waals surface area contributed by atoms with Crippen LogP contribution in [-0.4, -0.2) is 21.0 Å². The number of benzene rings is 2. The van der Waals surface area contributed by atoms with Gasteiger partial charge < -0.3 is 5.11 Å². The molecule has 152 valence electrons. The maximum Gasteiger partial charge on any atom is 0.328 e. The fourth-order valence-corrected chi connectivity index (χ4v) is 2.89. The van der Waals surface area contributed by atoms with Crippen LogP contribution in [0.3, 0.4) is 0 Å². The van der Waals surface area contributed by atoms with Crippen LogP contribution in [0.4, 0.5) is 18.0 Å². The Bertz CT molecular complexity index is 1110. The summed E-state index contributed by atoms with van der Waals surface area (Å²) in [4.78, 5) is 18.5. The van der Waals surface area contributed by atoms with Crippen molar-refractivity contribution >= 4 is 22.9 Å². The van der Waals surface area contributed by atoms with Crippen LogP contribution < -0.4 is 14.9 Å². The highest BCUT2D eigenvalue weighted by molar-refractivity contribution is 5.97. The molecule has 2 aromatic carbocycles. The van der Waals surface area contributed by atoms with E-state index in [1.165, 1.54) is 12.1 Å². The Morgan fingerprint density at radius 3 is 2.48 bits per heavy atom. The molecule has 1 heterocycles. The van der Waals surface area contributed by atoms with Crippen LogP contribution in [0.2, 0.25) is 0 Å². The third-order valence-corrected chi connectivity index (χ3v) is 4.15. The van der Waals surface area contributed by atoms with Crippen LogP contribution in [0.5, 0.6) is 11.5 Å². The molecule has 3 aromatic rings. The molecule has 0 spiro atoms. The molecule has 0 aliphatic rings. The van der Waals surface area contributed by atoms with Crippen molar-refractivity contribution < 1.29 is 42.8 Å². The van der Waals surface area contributed by atoms with E-state index in [-0.39, 0.29) is 34.1 Å². The molecule has 0 aliphatic carbocycles. The van der Waals surface area contributed by atoms with E-state index in [1.54, 1.807) is 13.0 Å². The van der Waals surface area contributed by atoms with Gasteiger partial charge in [0.15, 0.2) is 0 Å². The summed E-state index contributed by atoms with van der Waals surface area (Å²) in [7, 11) is 0. The summed E-state index contributed by atoms with van der Waals surface area (Å²) in [6, 6.07) is 5.43. The molecule has 0 fully saturated rings. The summed E-state index contributed by atoms with van der Waals surface area (Å²) in [5.74, 6) is -3.56. The number of hydrogen-bond acceptors (Lipinski definition) is 5. The standard InChI is InChI=1S/C18H12F4N2O5/c1-9-2-3-10(12(19)6-9)7-11-8-14-16(18(28-21)17(11)27-20)13(4-5-15(25)26)23-24(14)29-22/h2-6,8H,7H2,1H3,(H,25,26)/b5-4+. The van der Waals surface area contributed by atoms with Crippen molar-refractivity contribution in [3.63, 3.8) is 0 Å². The SMILES string of the molecule is Cc1ccc(Cc2cc3c(c(/C=C/C(=O)O)nn3OF)c(OF)c2OF)c(F)c1. The number of halogens is 4. The van der Waals surface area contributed by atoms with Gasteiger partial charge in [-0.3, -0.25) is 9.88 Å². The molecule has 0 atom stereocenters. The van der Waals surface area contributed by atoms with Gasteiger partial charge in [-0.25, -0.2) is 9.18 Å². The van der Waals surface area contributed by atoms with Crippen molar-refractivity contribution in [1.82, 2.24) is 9.94 Å². The van der Waals surface area contributed by atoms with E-state index in [0.29, 0.717) is 16.5 Å². The topological polar surface area (TPSA) is 82.8 Å². The summed E-state index contributed by atoms with van der Waals surface area (Å²) < 4.78 is 53.7. The molecule has 0 aliphatic heterocycles. The lowest BCUT2D eigenvalue weighted by Crippen LogP contribution is -2.04. The molecular weight excluding hydrogens is 400 g/mol. The first-order valence-electron chi connectivity index (χ1n) is 8.00. The van der Waals surface area contributed by atoms with Gasteiger partial charge in [0.2, 0.25) is 11.5 Å². The van der Waals surface area contributed by atoms with Crippen molar-refractivity contribution in [2.45, 2.75) is 13.3 Å². The lowest BCUT2D eigenvalue weighted by molar-refractivity contribution is -0.146. The lowest BCUT2D eigenvalue weighted by atomic mass is 10.00. The summed E-state index contributed by atoms with van der Waals surface area (Å²) in [5, 5.41) is 15.6. The largest absolute Gasteiger partial charge is 0.478 e. The van der Waals surface area contributed by atoms with Gasteiger partial charge in [-0.2, -0.15) is 5.04 Å². The van der Waals surface area contributed by atoms with E-state index >= 15 is 0 Å². The van der Waals surface area contributed by atoms with Gasteiger partial charge in [-0.1, -0.05) is 17.0 Å². The molecule has 0 amide bonds. The molecule has 0 radical (unpaired) electrons. The quantitative estimate of drug-likeness (QED) is 0.466. The molecule has 1 N–H and O–H groups in total. The number of carbonyl (C=O) groups is 1. The number of rotatable bonds is 7. The molecule has 3 rings (SSSR count). The van der Waals surface area contributed by atoms with Crippen molar-refractivity contribution in [2.24, 2.45) is 0 Å². The average Bonchev–Trinajstić information content (AvgIpc) is 3.04. The Balaban J connectivity index is 2.25. The first kappa shape index (κ1) is 20.0. The highest BCUT2D eigenvalue weighted by Gasteiger charge is 2.26. The number of nitrogens with zero attached hydrogens (tertiary/aromatic N) is 2. The first-order chi connectivity index (χ1) is 13.9. The number of aliphatic carboxylic acids is 1. The second kappa shape index (κ2) is 8.09. The highest BCUT2D eigenvalue weighted by Crippen LogP contribution is 2.42. The van der Waals surface area contributed by atoms with E-state index < -0.39 is 23.3 Å². The summed E-state index contributed by atoms with van der Waals surface area (Å²) >= 11 is 0. The van der Waals surface area contributed by atoms with Gasteiger partial charge in [0.1, 0.15) is 17.0 Å². The van der Waals surface area contributed by atoms with Gasteiger partial charge in [0, 0.05) is 31.6 Å². The van der Waals surface area contributed by atoms with Crippen LogP contribution in [-0.2, 0) is 11.2 Å². The van der Waals surface area contributed by atoms with E-state index in [9.17, 15) is 22.8 Å². The predicted octanol–water partition coefficient (Wildman–Crippen LogP) is 4.01. The summed E-state index contributed by atoms with van der Waals surface area (Å²) in [5.41, 5.74) is 0.112. The van der Waals surface area contributed by atoms with Crippen molar-refractivity contribution in [1.29, 1.82) is 0 Å². The Morgan fingerprint density at radius 1 is 1.17 bits per heavy atom. The van der Waals surface area contributed by atoms with Crippen molar-refractivity contribution in [3.05, 3.63) is 58.5 Å². The molecule has 0 saturated carbocycles. The third-order valence-electron chi connectivity index (χ3n) is 4.15. The summed E-state index contributed by atoms with van der Waals surface area (Å²) in [6.07, 6.45) is 1.26. The first-order valence-corrected chi connectivity index (χ1v) is 8.00. The maximum atomic E-state index is 14.2. The van der Waals surface area contributed by atoms with Gasteiger partial charge in [0.25, 0.3) is 0 Å². The van der Waals surface area contributed by atoms with Gasteiger partial charge >= 0.3 is 5.97 Å². The highest BCUT2D eigenvalue weighted by atomic mass is 19.3. The number of fused-ring (bicyclic) bond motifs is 1. The molecule has 11 heteroatoms. The summed E-state index contributed by atoms with van der Waals surface area (Å²) in [6.45, 7) is 1.67. The fourth-order valence-electron chi connectivity index (χ4n) is 2.89. The van der Waals surface area contributed by atoms with Crippen LogP contribution >= 0.6 is 0 Å². The molecule has 29 heavy (non-hydrogen) atoms. The lowest BCUT2D eigenvalue weighted by Gasteiger charge is -2.10. The Labute approximate surface area is 160 Å². The van der Waals surface area contributed by atoms with E-state index in [4.69, 9.17) is 5.11 Å². The molecule has 0 saturated heterocycles. The number of carboxylic acid groups (broad SMARTS) is 1. The van der Waals surface area contributed by atoms with Crippen molar-refractivity contribution in [2.75, 3.05) is 0 Å². The van der Waals surface area contributed by atoms with Crippen LogP contribution in [0.1, 0.15) is 22.4 Å². The van der Waals surface area contributed by atoms with Crippen LogP contribution in [0.15, 0.2) is 30.3 Å². The van der Waals surface area contributed by atoms with Crippen LogP contribution in [0, 0.1) is 12.7 Å². The molecule has 0 bridgehead atoms. The van der Waals surface area contributed by atoms with E-state index in [2.05, 4.69) is 20.0 Å². The zero-order valence-electron chi connectivity index (χ0n) is 14.7. The fraction of sp³-hybridized carbons (Fsp3) is 0.111. The number of hydrogen-bond donors (Lipinski definition) is 1. The molecular formula is C18H12F4N2O5. The Kier molecular flexibility index (Phi) is 5.57. The minimum absolute atomic E-state index is 0.109. The average molecular weight is 412 g/mol. The Morgan fingerprint density at radius 2 is 1.90 bits per heavy atom. The third kappa shape index (κ3) is 3.79. The molecule has 0 unspecified atom stereocenters.